The van der Waals surface area contributed by atoms with Crippen LogP contribution in [0.3, 0.4) is 0 Å². The van der Waals surface area contributed by atoms with Crippen molar-refractivity contribution in [2.75, 3.05) is 32.7 Å². The average Bonchev–Trinajstić information content (AvgIpc) is 3.27. The van der Waals surface area contributed by atoms with E-state index < -0.39 is 6.09 Å². The van der Waals surface area contributed by atoms with E-state index in [1.165, 1.54) is 5.56 Å². The highest BCUT2D eigenvalue weighted by Gasteiger charge is 2.41. The van der Waals surface area contributed by atoms with Crippen LogP contribution in [0.2, 0.25) is 0 Å². The van der Waals surface area contributed by atoms with Crippen molar-refractivity contribution >= 4 is 12.0 Å². The van der Waals surface area contributed by atoms with Crippen molar-refractivity contribution in [3.63, 3.8) is 0 Å². The minimum atomic E-state index is -0.908. The van der Waals surface area contributed by atoms with Crippen molar-refractivity contribution in [2.45, 2.75) is 12.8 Å². The number of primary amides is 1. The van der Waals surface area contributed by atoms with Crippen LogP contribution in [0, 0.1) is 11.8 Å². The highest BCUT2D eigenvalue weighted by Crippen LogP contribution is 2.33. The van der Waals surface area contributed by atoms with Crippen molar-refractivity contribution in [1.82, 2.24) is 9.80 Å². The number of rotatable bonds is 6. The third-order valence-electron chi connectivity index (χ3n) is 5.96. The second-order valence-electron chi connectivity index (χ2n) is 8.00. The fourth-order valence-corrected chi connectivity index (χ4v) is 4.60. The molecule has 2 heterocycles. The van der Waals surface area contributed by atoms with Crippen LogP contribution in [0.5, 0.6) is 5.75 Å². The van der Waals surface area contributed by atoms with Crippen molar-refractivity contribution in [3.8, 4) is 5.75 Å². The number of carbonyl (C=O) groups excluding carboxylic acids is 2. The minimum Gasteiger partial charge on any atom is -0.410 e. The van der Waals surface area contributed by atoms with E-state index in [9.17, 15) is 9.59 Å². The van der Waals surface area contributed by atoms with Gasteiger partial charge in [0.15, 0.2) is 0 Å². The van der Waals surface area contributed by atoms with Gasteiger partial charge in [0.1, 0.15) is 5.75 Å². The first-order valence-electron chi connectivity index (χ1n) is 10.2. The molecule has 29 heavy (non-hydrogen) atoms. The normalized spacial score (nSPS) is 21.2. The molecule has 1 unspecified atom stereocenters. The zero-order valence-corrected chi connectivity index (χ0v) is 16.5. The molecule has 2 aromatic rings. The molecule has 2 amide bonds. The Morgan fingerprint density at radius 1 is 0.931 bits per heavy atom. The molecule has 152 valence electrons. The molecule has 6 nitrogen and oxygen atoms in total. The fourth-order valence-electron chi connectivity index (χ4n) is 4.60. The van der Waals surface area contributed by atoms with E-state index in [0.29, 0.717) is 17.4 Å². The first-order valence-corrected chi connectivity index (χ1v) is 10.2. The molecule has 0 saturated carbocycles. The second kappa shape index (κ2) is 8.66. The lowest BCUT2D eigenvalue weighted by molar-refractivity contribution is 0.0771. The molecule has 0 bridgehead atoms. The fraction of sp³-hybridized carbons (Fsp3) is 0.391. The summed E-state index contributed by atoms with van der Waals surface area (Å²) in [6.07, 6.45) is 1.35. The van der Waals surface area contributed by atoms with Crippen molar-refractivity contribution < 1.29 is 14.3 Å². The lowest BCUT2D eigenvalue weighted by atomic mass is 10.0. The second-order valence-corrected chi connectivity index (χ2v) is 8.00. The number of para-hydroxylation sites is 1. The molecule has 0 aliphatic carbocycles. The molecule has 2 aromatic carbocycles. The summed E-state index contributed by atoms with van der Waals surface area (Å²) in [4.78, 5) is 28.5. The minimum absolute atomic E-state index is 0.0909. The summed E-state index contributed by atoms with van der Waals surface area (Å²) in [6, 6.07) is 17.4. The zero-order chi connectivity index (χ0) is 20.2. The molecule has 2 aliphatic heterocycles. The van der Waals surface area contributed by atoms with Gasteiger partial charge in [0.25, 0.3) is 5.91 Å². The molecule has 0 spiro atoms. The number of ether oxygens (including phenoxy) is 1. The van der Waals surface area contributed by atoms with Gasteiger partial charge in [0, 0.05) is 26.2 Å². The van der Waals surface area contributed by atoms with Gasteiger partial charge in [-0.3, -0.25) is 4.79 Å². The summed E-state index contributed by atoms with van der Waals surface area (Å²) in [6.45, 7) is 4.70. The SMILES string of the molecule is NC(=O)Oc1ccccc1C(=O)N1CC2CN(CCCc3ccccc3)C[C@H]2C1. The maximum Gasteiger partial charge on any atom is 0.409 e. The van der Waals surface area contributed by atoms with Crippen molar-refractivity contribution in [2.24, 2.45) is 17.6 Å². The van der Waals surface area contributed by atoms with Gasteiger partial charge in [-0.25, -0.2) is 4.79 Å². The Labute approximate surface area is 171 Å². The Balaban J connectivity index is 1.29. The molecule has 2 fully saturated rings. The van der Waals surface area contributed by atoms with Crippen LogP contribution in [0.1, 0.15) is 22.3 Å². The molecule has 6 heteroatoms. The number of hydrogen-bond acceptors (Lipinski definition) is 4. The van der Waals surface area contributed by atoms with Crippen LogP contribution in [0.4, 0.5) is 4.79 Å². The molecular weight excluding hydrogens is 366 g/mol. The number of nitrogens with two attached hydrogens (primary N) is 1. The summed E-state index contributed by atoms with van der Waals surface area (Å²) in [5.41, 5.74) is 6.91. The largest absolute Gasteiger partial charge is 0.410 e. The molecule has 2 aliphatic rings. The topological polar surface area (TPSA) is 75.9 Å². The van der Waals surface area contributed by atoms with Crippen molar-refractivity contribution in [1.29, 1.82) is 0 Å². The number of likely N-dealkylation sites (tertiary alicyclic amines) is 2. The lowest BCUT2D eigenvalue weighted by Gasteiger charge is -2.22. The van der Waals surface area contributed by atoms with Gasteiger partial charge in [-0.05, 0) is 48.9 Å². The Morgan fingerprint density at radius 2 is 1.59 bits per heavy atom. The standard InChI is InChI=1S/C23H27N3O3/c24-23(28)29-21-11-5-4-10-20(21)22(27)26-15-18-13-25(14-19(18)16-26)12-6-9-17-7-2-1-3-8-17/h1-5,7-8,10-11,18-19H,6,9,12-16H2,(H2,24,28)/t18-,19?/m0/s1. The predicted molar refractivity (Wildman–Crippen MR) is 111 cm³/mol. The third-order valence-corrected chi connectivity index (χ3v) is 5.96. The number of hydrogen-bond donors (Lipinski definition) is 1. The van der Waals surface area contributed by atoms with E-state index in [0.717, 1.165) is 45.6 Å². The monoisotopic (exact) mass is 393 g/mol. The Kier molecular flexibility index (Phi) is 5.81. The summed E-state index contributed by atoms with van der Waals surface area (Å²) < 4.78 is 5.00. The highest BCUT2D eigenvalue weighted by molar-refractivity contribution is 5.97. The maximum absolute atomic E-state index is 13.0. The molecule has 2 saturated heterocycles. The van der Waals surface area contributed by atoms with Gasteiger partial charge in [0.2, 0.25) is 0 Å². The van der Waals surface area contributed by atoms with Gasteiger partial charge in [-0.15, -0.1) is 0 Å². The Morgan fingerprint density at radius 3 is 2.28 bits per heavy atom. The van der Waals surface area contributed by atoms with Gasteiger partial charge in [0.05, 0.1) is 5.56 Å². The van der Waals surface area contributed by atoms with Crippen LogP contribution in [-0.4, -0.2) is 54.5 Å². The van der Waals surface area contributed by atoms with Crippen LogP contribution < -0.4 is 10.5 Å². The van der Waals surface area contributed by atoms with Gasteiger partial charge < -0.3 is 20.3 Å². The summed E-state index contributed by atoms with van der Waals surface area (Å²) in [7, 11) is 0. The smallest absolute Gasteiger partial charge is 0.409 e. The lowest BCUT2D eigenvalue weighted by Crippen LogP contribution is -2.34. The van der Waals surface area contributed by atoms with E-state index in [4.69, 9.17) is 10.5 Å². The van der Waals surface area contributed by atoms with Crippen molar-refractivity contribution in [3.05, 3.63) is 65.7 Å². The van der Waals surface area contributed by atoms with E-state index in [1.54, 1.807) is 24.3 Å². The summed E-state index contributed by atoms with van der Waals surface area (Å²) in [5.74, 6) is 1.16. The van der Waals surface area contributed by atoms with E-state index in [-0.39, 0.29) is 11.7 Å². The van der Waals surface area contributed by atoms with Crippen LogP contribution in [0.25, 0.3) is 0 Å². The van der Waals surface area contributed by atoms with E-state index in [2.05, 4.69) is 35.2 Å². The third kappa shape index (κ3) is 4.59. The molecule has 0 aromatic heterocycles. The zero-order valence-electron chi connectivity index (χ0n) is 16.5. The Bertz CT molecular complexity index is 857. The average molecular weight is 393 g/mol. The maximum atomic E-state index is 13.0. The number of benzene rings is 2. The highest BCUT2D eigenvalue weighted by atomic mass is 16.5. The first kappa shape index (κ1) is 19.5. The molecule has 4 rings (SSSR count). The molecule has 0 radical (unpaired) electrons. The summed E-state index contributed by atoms with van der Waals surface area (Å²) >= 11 is 0. The number of carbonyl (C=O) groups is 2. The van der Waals surface area contributed by atoms with Gasteiger partial charge in [-0.1, -0.05) is 42.5 Å². The van der Waals surface area contributed by atoms with E-state index >= 15 is 0 Å². The van der Waals surface area contributed by atoms with Crippen LogP contribution in [-0.2, 0) is 6.42 Å². The quantitative estimate of drug-likeness (QED) is 0.819. The molecule has 2 N–H and O–H groups in total. The summed E-state index contributed by atoms with van der Waals surface area (Å²) in [5, 5.41) is 0. The van der Waals surface area contributed by atoms with Gasteiger partial charge in [-0.2, -0.15) is 0 Å². The molecule has 2 atom stereocenters. The van der Waals surface area contributed by atoms with E-state index in [1.807, 2.05) is 4.90 Å². The van der Waals surface area contributed by atoms with Crippen LogP contribution in [0.15, 0.2) is 54.6 Å². The predicted octanol–water partition coefficient (Wildman–Crippen LogP) is 2.78. The number of fused-ring (bicyclic) bond motifs is 1. The number of aryl methyl sites for hydroxylation is 1. The van der Waals surface area contributed by atoms with Gasteiger partial charge >= 0.3 is 6.09 Å². The first-order chi connectivity index (χ1) is 14.1. The van der Waals surface area contributed by atoms with Crippen LogP contribution >= 0.6 is 0 Å². The molecular formula is C23H27N3O3. The number of nitrogens with zero attached hydrogens (tertiary/aromatic N) is 2. The number of amides is 2. The Hall–Kier alpha value is -2.86.